The van der Waals surface area contributed by atoms with Gasteiger partial charge in [-0.1, -0.05) is 48.9 Å². The SMILES string of the molecule is CCc1ccc(NC(=O)C2(C(=O)NCc3cccc(C)c3)CC2)cc1. The summed E-state index contributed by atoms with van der Waals surface area (Å²) in [5.41, 5.74) is 3.24. The summed E-state index contributed by atoms with van der Waals surface area (Å²) in [7, 11) is 0. The Hall–Kier alpha value is -2.62. The van der Waals surface area contributed by atoms with Crippen LogP contribution in [0.1, 0.15) is 36.5 Å². The minimum atomic E-state index is -0.909. The summed E-state index contributed by atoms with van der Waals surface area (Å²) in [4.78, 5) is 25.1. The number of carbonyl (C=O) groups excluding carboxylic acids is 2. The van der Waals surface area contributed by atoms with E-state index in [0.717, 1.165) is 23.2 Å². The Morgan fingerprint density at radius 1 is 1.00 bits per heavy atom. The van der Waals surface area contributed by atoms with Gasteiger partial charge >= 0.3 is 0 Å². The van der Waals surface area contributed by atoms with E-state index < -0.39 is 5.41 Å². The summed E-state index contributed by atoms with van der Waals surface area (Å²) in [6.07, 6.45) is 2.16. The quantitative estimate of drug-likeness (QED) is 0.792. The van der Waals surface area contributed by atoms with Crippen molar-refractivity contribution in [1.29, 1.82) is 0 Å². The third-order valence-electron chi connectivity index (χ3n) is 4.77. The van der Waals surface area contributed by atoms with Crippen LogP contribution >= 0.6 is 0 Å². The molecule has 0 aliphatic heterocycles. The number of anilines is 1. The lowest BCUT2D eigenvalue weighted by Gasteiger charge is -2.16. The fraction of sp³-hybridized carbons (Fsp3) is 0.333. The van der Waals surface area contributed by atoms with Crippen LogP contribution < -0.4 is 10.6 Å². The van der Waals surface area contributed by atoms with Gasteiger partial charge in [-0.2, -0.15) is 0 Å². The van der Waals surface area contributed by atoms with Crippen molar-refractivity contribution >= 4 is 17.5 Å². The molecule has 2 aromatic rings. The van der Waals surface area contributed by atoms with Crippen molar-refractivity contribution in [1.82, 2.24) is 5.32 Å². The summed E-state index contributed by atoms with van der Waals surface area (Å²) in [5.74, 6) is -0.393. The van der Waals surface area contributed by atoms with Crippen LogP contribution in [-0.2, 0) is 22.6 Å². The lowest BCUT2D eigenvalue weighted by atomic mass is 10.0. The van der Waals surface area contributed by atoms with Crippen LogP contribution in [0.3, 0.4) is 0 Å². The van der Waals surface area contributed by atoms with Crippen LogP contribution in [0.2, 0.25) is 0 Å². The number of benzene rings is 2. The first-order valence-electron chi connectivity index (χ1n) is 8.78. The Kier molecular flexibility index (Phi) is 4.88. The Morgan fingerprint density at radius 3 is 2.32 bits per heavy atom. The van der Waals surface area contributed by atoms with E-state index in [2.05, 4.69) is 17.6 Å². The number of amides is 2. The van der Waals surface area contributed by atoms with Gasteiger partial charge in [-0.15, -0.1) is 0 Å². The highest BCUT2D eigenvalue weighted by molar-refractivity contribution is 6.13. The molecule has 0 radical (unpaired) electrons. The highest BCUT2D eigenvalue weighted by Gasteiger charge is 2.56. The van der Waals surface area contributed by atoms with E-state index in [1.807, 2.05) is 55.5 Å². The predicted molar refractivity (Wildman–Crippen MR) is 99.1 cm³/mol. The molecular formula is C21H24N2O2. The van der Waals surface area contributed by atoms with Crippen LogP contribution in [0.15, 0.2) is 48.5 Å². The third-order valence-corrected chi connectivity index (χ3v) is 4.77. The summed E-state index contributed by atoms with van der Waals surface area (Å²) >= 11 is 0. The lowest BCUT2D eigenvalue weighted by Crippen LogP contribution is -2.39. The molecule has 1 saturated carbocycles. The second-order valence-corrected chi connectivity index (χ2v) is 6.76. The van der Waals surface area contributed by atoms with E-state index in [1.165, 1.54) is 5.56 Å². The van der Waals surface area contributed by atoms with Crippen LogP contribution in [0.25, 0.3) is 0 Å². The van der Waals surface area contributed by atoms with E-state index in [0.29, 0.717) is 19.4 Å². The highest BCUT2D eigenvalue weighted by atomic mass is 16.2. The average molecular weight is 336 g/mol. The molecule has 0 saturated heterocycles. The first-order chi connectivity index (χ1) is 12.0. The second kappa shape index (κ2) is 7.09. The van der Waals surface area contributed by atoms with Crippen molar-refractivity contribution in [3.63, 3.8) is 0 Å². The molecule has 0 aromatic heterocycles. The van der Waals surface area contributed by atoms with Crippen molar-refractivity contribution in [2.24, 2.45) is 5.41 Å². The Labute approximate surface area is 148 Å². The van der Waals surface area contributed by atoms with Gasteiger partial charge < -0.3 is 10.6 Å². The van der Waals surface area contributed by atoms with Gasteiger partial charge in [0.25, 0.3) is 0 Å². The number of carbonyl (C=O) groups is 2. The van der Waals surface area contributed by atoms with Gasteiger partial charge in [0.1, 0.15) is 5.41 Å². The molecule has 1 fully saturated rings. The number of rotatable bonds is 6. The first kappa shape index (κ1) is 17.2. The van der Waals surface area contributed by atoms with Gasteiger partial charge in [0.05, 0.1) is 0 Å². The molecule has 25 heavy (non-hydrogen) atoms. The zero-order valence-corrected chi connectivity index (χ0v) is 14.8. The maximum Gasteiger partial charge on any atom is 0.240 e. The molecule has 4 heteroatoms. The van der Waals surface area contributed by atoms with Crippen LogP contribution in [0.4, 0.5) is 5.69 Å². The summed E-state index contributed by atoms with van der Waals surface area (Å²) in [6.45, 7) is 4.55. The topological polar surface area (TPSA) is 58.2 Å². The van der Waals surface area contributed by atoms with Gasteiger partial charge in [-0.05, 0) is 49.4 Å². The number of nitrogens with one attached hydrogen (secondary N) is 2. The molecule has 1 aliphatic rings. The van der Waals surface area contributed by atoms with Gasteiger partial charge in [-0.3, -0.25) is 9.59 Å². The van der Waals surface area contributed by atoms with Crippen LogP contribution in [0.5, 0.6) is 0 Å². The minimum Gasteiger partial charge on any atom is -0.351 e. The van der Waals surface area contributed by atoms with E-state index in [9.17, 15) is 9.59 Å². The Balaban J connectivity index is 1.60. The molecule has 2 aromatic carbocycles. The molecule has 0 atom stereocenters. The molecule has 0 spiro atoms. The molecule has 2 amide bonds. The maximum atomic E-state index is 12.6. The normalized spacial score (nSPS) is 14.6. The summed E-state index contributed by atoms with van der Waals surface area (Å²) in [5, 5.41) is 5.80. The largest absolute Gasteiger partial charge is 0.351 e. The second-order valence-electron chi connectivity index (χ2n) is 6.76. The third kappa shape index (κ3) is 3.90. The summed E-state index contributed by atoms with van der Waals surface area (Å²) < 4.78 is 0. The standard InChI is InChI=1S/C21H24N2O2/c1-3-16-7-9-18(10-8-16)23-20(25)21(11-12-21)19(24)22-14-17-6-4-5-15(2)13-17/h4-10,13H,3,11-12,14H2,1-2H3,(H,22,24)(H,23,25). The van der Waals surface area contributed by atoms with Gasteiger partial charge in [0, 0.05) is 12.2 Å². The molecule has 0 heterocycles. The monoisotopic (exact) mass is 336 g/mol. The van der Waals surface area contributed by atoms with Gasteiger partial charge in [0.2, 0.25) is 11.8 Å². The number of hydrogen-bond acceptors (Lipinski definition) is 2. The van der Waals surface area contributed by atoms with Crippen LogP contribution in [-0.4, -0.2) is 11.8 Å². The lowest BCUT2D eigenvalue weighted by molar-refractivity contribution is -0.134. The van der Waals surface area contributed by atoms with E-state index >= 15 is 0 Å². The Morgan fingerprint density at radius 2 is 1.72 bits per heavy atom. The molecule has 2 N–H and O–H groups in total. The smallest absolute Gasteiger partial charge is 0.240 e. The van der Waals surface area contributed by atoms with Crippen molar-refractivity contribution in [2.45, 2.75) is 39.7 Å². The predicted octanol–water partition coefficient (Wildman–Crippen LogP) is 3.59. The van der Waals surface area contributed by atoms with Crippen molar-refractivity contribution < 1.29 is 9.59 Å². The summed E-state index contributed by atoms with van der Waals surface area (Å²) in [6, 6.07) is 15.8. The first-order valence-corrected chi connectivity index (χ1v) is 8.78. The van der Waals surface area contributed by atoms with Crippen molar-refractivity contribution in [2.75, 3.05) is 5.32 Å². The zero-order chi connectivity index (χ0) is 17.9. The zero-order valence-electron chi connectivity index (χ0n) is 14.8. The number of hydrogen-bond donors (Lipinski definition) is 2. The molecule has 1 aliphatic carbocycles. The van der Waals surface area contributed by atoms with Crippen LogP contribution in [0, 0.1) is 12.3 Å². The Bertz CT molecular complexity index is 777. The van der Waals surface area contributed by atoms with E-state index in [-0.39, 0.29) is 11.8 Å². The van der Waals surface area contributed by atoms with E-state index in [1.54, 1.807) is 0 Å². The minimum absolute atomic E-state index is 0.184. The fourth-order valence-electron chi connectivity index (χ4n) is 2.93. The average Bonchev–Trinajstić information content (AvgIpc) is 3.42. The van der Waals surface area contributed by atoms with E-state index in [4.69, 9.17) is 0 Å². The van der Waals surface area contributed by atoms with Crippen molar-refractivity contribution in [3.05, 3.63) is 65.2 Å². The van der Waals surface area contributed by atoms with Gasteiger partial charge in [0.15, 0.2) is 0 Å². The maximum absolute atomic E-state index is 12.6. The molecule has 0 unspecified atom stereocenters. The van der Waals surface area contributed by atoms with Gasteiger partial charge in [-0.25, -0.2) is 0 Å². The molecule has 4 nitrogen and oxygen atoms in total. The molecule has 3 rings (SSSR count). The number of aryl methyl sites for hydroxylation is 2. The molecule has 130 valence electrons. The molecule has 0 bridgehead atoms. The fourth-order valence-corrected chi connectivity index (χ4v) is 2.93. The highest BCUT2D eigenvalue weighted by Crippen LogP contribution is 2.46. The molecular weight excluding hydrogens is 312 g/mol. The van der Waals surface area contributed by atoms with Crippen molar-refractivity contribution in [3.8, 4) is 0 Å².